The minimum atomic E-state index is -3.47. The molecule has 0 aliphatic carbocycles. The second kappa shape index (κ2) is 11.4. The van der Waals surface area contributed by atoms with E-state index in [9.17, 15) is 13.2 Å². The fourth-order valence-electron chi connectivity index (χ4n) is 3.59. The Labute approximate surface area is 175 Å². The largest absolute Gasteiger partial charge is 0.495 e. The molecule has 2 rings (SSSR count). The number of piperidine rings is 1. The van der Waals surface area contributed by atoms with Crippen molar-refractivity contribution < 1.29 is 17.9 Å². The van der Waals surface area contributed by atoms with Gasteiger partial charge in [-0.3, -0.25) is 9.10 Å². The number of nitrogens with zero attached hydrogens (tertiary/aromatic N) is 2. The maximum atomic E-state index is 12.2. The number of rotatable bonds is 11. The number of sulfonamides is 1. The number of carbonyl (C=O) groups is 1. The predicted molar refractivity (Wildman–Crippen MR) is 117 cm³/mol. The van der Waals surface area contributed by atoms with E-state index in [1.165, 1.54) is 30.5 Å². The number of nitrogens with one attached hydrogen (secondary N) is 1. The Morgan fingerprint density at radius 2 is 1.93 bits per heavy atom. The van der Waals surface area contributed by atoms with Crippen LogP contribution >= 0.6 is 0 Å². The fourth-order valence-corrected chi connectivity index (χ4v) is 4.56. The highest BCUT2D eigenvalue weighted by molar-refractivity contribution is 7.92. The van der Waals surface area contributed by atoms with Crippen LogP contribution in [0.3, 0.4) is 0 Å². The van der Waals surface area contributed by atoms with Crippen LogP contribution < -0.4 is 14.4 Å². The highest BCUT2D eigenvalue weighted by Gasteiger charge is 2.21. The lowest BCUT2D eigenvalue weighted by Gasteiger charge is -2.30. The molecular formula is C21H35N3O4S. The molecule has 1 heterocycles. The molecule has 1 fully saturated rings. The molecule has 0 bridgehead atoms. The highest BCUT2D eigenvalue weighted by atomic mass is 32.2. The van der Waals surface area contributed by atoms with E-state index in [4.69, 9.17) is 4.74 Å². The summed E-state index contributed by atoms with van der Waals surface area (Å²) in [5, 5.41) is 2.95. The van der Waals surface area contributed by atoms with Gasteiger partial charge in [0.1, 0.15) is 5.75 Å². The number of ether oxygens (including phenoxy) is 1. The van der Waals surface area contributed by atoms with Gasteiger partial charge in [-0.05, 0) is 63.4 Å². The fraction of sp³-hybridized carbons (Fsp3) is 0.667. The van der Waals surface area contributed by atoms with Gasteiger partial charge >= 0.3 is 0 Å². The lowest BCUT2D eigenvalue weighted by molar-refractivity contribution is -0.121. The van der Waals surface area contributed by atoms with Gasteiger partial charge in [-0.1, -0.05) is 19.1 Å². The first-order chi connectivity index (χ1) is 13.8. The maximum absolute atomic E-state index is 12.2. The van der Waals surface area contributed by atoms with Crippen LogP contribution in [0.25, 0.3) is 0 Å². The topological polar surface area (TPSA) is 79.0 Å². The van der Waals surface area contributed by atoms with Gasteiger partial charge in [0.05, 0.1) is 19.1 Å². The van der Waals surface area contributed by atoms with Gasteiger partial charge in [0.15, 0.2) is 0 Å². The summed E-state index contributed by atoms with van der Waals surface area (Å²) >= 11 is 0. The van der Waals surface area contributed by atoms with Crippen molar-refractivity contribution in [2.24, 2.45) is 5.92 Å². The number of carbonyl (C=O) groups excluding carboxylic acids is 1. The first kappa shape index (κ1) is 23.5. The molecule has 1 aromatic carbocycles. The van der Waals surface area contributed by atoms with Gasteiger partial charge in [0, 0.05) is 19.5 Å². The van der Waals surface area contributed by atoms with E-state index in [1.807, 2.05) is 0 Å². The van der Waals surface area contributed by atoms with Crippen LogP contribution in [0.4, 0.5) is 5.69 Å². The Bertz CT molecular complexity index is 746. The first-order valence-corrected chi connectivity index (χ1v) is 12.3. The summed E-state index contributed by atoms with van der Waals surface area (Å²) < 4.78 is 31.0. The Morgan fingerprint density at radius 3 is 2.59 bits per heavy atom. The van der Waals surface area contributed by atoms with Crippen LogP contribution in [0.5, 0.6) is 5.75 Å². The zero-order valence-electron chi connectivity index (χ0n) is 17.9. The molecule has 29 heavy (non-hydrogen) atoms. The number of likely N-dealkylation sites (tertiary alicyclic amines) is 1. The molecule has 7 nitrogen and oxygen atoms in total. The Morgan fingerprint density at radius 1 is 1.24 bits per heavy atom. The lowest BCUT2D eigenvalue weighted by atomic mass is 9.99. The van der Waals surface area contributed by atoms with Gasteiger partial charge in [0.25, 0.3) is 0 Å². The van der Waals surface area contributed by atoms with E-state index < -0.39 is 10.0 Å². The van der Waals surface area contributed by atoms with Crippen LogP contribution in [-0.4, -0.2) is 65.3 Å². The number of para-hydroxylation sites is 2. The summed E-state index contributed by atoms with van der Waals surface area (Å²) in [5.74, 6) is 1.29. The maximum Gasteiger partial charge on any atom is 0.232 e. The van der Waals surface area contributed by atoms with Crippen molar-refractivity contribution in [3.05, 3.63) is 24.3 Å². The average Bonchev–Trinajstić information content (AvgIpc) is 2.69. The van der Waals surface area contributed by atoms with Crippen LogP contribution in [0, 0.1) is 5.92 Å². The molecule has 1 amide bonds. The number of benzene rings is 1. The van der Waals surface area contributed by atoms with E-state index in [1.54, 1.807) is 24.3 Å². The van der Waals surface area contributed by atoms with Crippen molar-refractivity contribution in [3.63, 3.8) is 0 Å². The van der Waals surface area contributed by atoms with Crippen molar-refractivity contribution >= 4 is 21.6 Å². The number of hydrogen-bond acceptors (Lipinski definition) is 5. The van der Waals surface area contributed by atoms with Gasteiger partial charge in [-0.25, -0.2) is 8.42 Å². The molecule has 0 atom stereocenters. The molecule has 1 aliphatic heterocycles. The zero-order chi connectivity index (χ0) is 21.3. The van der Waals surface area contributed by atoms with E-state index in [0.717, 1.165) is 32.0 Å². The summed E-state index contributed by atoms with van der Waals surface area (Å²) in [5.41, 5.74) is 0.494. The molecule has 0 unspecified atom stereocenters. The molecule has 0 spiro atoms. The van der Waals surface area contributed by atoms with Crippen molar-refractivity contribution in [1.29, 1.82) is 0 Å². The zero-order valence-corrected chi connectivity index (χ0v) is 18.7. The second-order valence-corrected chi connectivity index (χ2v) is 9.75. The number of anilines is 1. The summed E-state index contributed by atoms with van der Waals surface area (Å²) in [4.78, 5) is 14.6. The average molecular weight is 426 g/mol. The van der Waals surface area contributed by atoms with Crippen LogP contribution in [0.2, 0.25) is 0 Å². The van der Waals surface area contributed by atoms with Crippen LogP contribution in [0.15, 0.2) is 24.3 Å². The van der Waals surface area contributed by atoms with E-state index >= 15 is 0 Å². The first-order valence-electron chi connectivity index (χ1n) is 10.4. The smallest absolute Gasteiger partial charge is 0.232 e. The Balaban J connectivity index is 1.73. The standard InChI is InChI=1S/C21H35N3O4S/c1-18-11-16-23(17-12-18)14-7-13-22-21(25)10-6-15-24(29(3,26)27)19-8-4-5-9-20(19)28-2/h4-5,8-9,18H,6-7,10-17H2,1-3H3,(H,22,25). The third-order valence-corrected chi connectivity index (χ3v) is 6.55. The van der Waals surface area contributed by atoms with Crippen molar-refractivity contribution in [2.75, 3.05) is 50.4 Å². The molecular weight excluding hydrogens is 390 g/mol. The monoisotopic (exact) mass is 425 g/mol. The van der Waals surface area contributed by atoms with Crippen molar-refractivity contribution in [2.45, 2.75) is 39.0 Å². The van der Waals surface area contributed by atoms with Gasteiger partial charge in [0.2, 0.25) is 15.9 Å². The molecule has 164 valence electrons. The highest BCUT2D eigenvalue weighted by Crippen LogP contribution is 2.29. The van der Waals surface area contributed by atoms with Crippen molar-refractivity contribution in [1.82, 2.24) is 10.2 Å². The number of methoxy groups -OCH3 is 1. The summed E-state index contributed by atoms with van der Waals surface area (Å²) in [6.07, 6.45) is 5.37. The third kappa shape index (κ3) is 7.85. The Kier molecular flexibility index (Phi) is 9.23. The molecule has 0 saturated carbocycles. The molecule has 1 aliphatic rings. The third-order valence-electron chi connectivity index (χ3n) is 5.37. The minimum absolute atomic E-state index is 0.0363. The lowest BCUT2D eigenvalue weighted by Crippen LogP contribution is -2.35. The number of amides is 1. The number of hydrogen-bond donors (Lipinski definition) is 1. The van der Waals surface area contributed by atoms with Crippen LogP contribution in [0.1, 0.15) is 39.0 Å². The van der Waals surface area contributed by atoms with Crippen molar-refractivity contribution in [3.8, 4) is 5.75 Å². The summed E-state index contributed by atoms with van der Waals surface area (Å²) in [6.45, 7) is 6.52. The minimum Gasteiger partial charge on any atom is -0.495 e. The molecule has 1 N–H and O–H groups in total. The van der Waals surface area contributed by atoms with E-state index in [0.29, 0.717) is 30.8 Å². The molecule has 1 saturated heterocycles. The SMILES string of the molecule is COc1ccccc1N(CCCC(=O)NCCCN1CCC(C)CC1)S(C)(=O)=O. The normalized spacial score (nSPS) is 15.8. The van der Waals surface area contributed by atoms with Crippen LogP contribution in [-0.2, 0) is 14.8 Å². The molecule has 1 aromatic rings. The van der Waals surface area contributed by atoms with Gasteiger partial charge in [-0.15, -0.1) is 0 Å². The molecule has 0 radical (unpaired) electrons. The summed E-state index contributed by atoms with van der Waals surface area (Å²) in [6, 6.07) is 7.00. The molecule has 8 heteroatoms. The predicted octanol–water partition coefficient (Wildman–Crippen LogP) is 2.48. The summed E-state index contributed by atoms with van der Waals surface area (Å²) in [7, 11) is -1.96. The van der Waals surface area contributed by atoms with E-state index in [2.05, 4.69) is 17.1 Å². The Hall–Kier alpha value is -1.80. The molecule has 0 aromatic heterocycles. The quantitative estimate of drug-likeness (QED) is 0.551. The van der Waals surface area contributed by atoms with Gasteiger partial charge in [-0.2, -0.15) is 0 Å². The van der Waals surface area contributed by atoms with Gasteiger partial charge < -0.3 is 15.0 Å². The second-order valence-electron chi connectivity index (χ2n) is 7.84. The van der Waals surface area contributed by atoms with E-state index in [-0.39, 0.29) is 12.5 Å².